The molecule has 3 rings (SSSR count). The SMILES string of the molecule is CCCCCCC1=C[C@H]([C@H](O)CCCCC)[C@@H]2C(=O)N(c3cc(Cl)ccc3OC)C(=O)[C@@H]2C1. The van der Waals surface area contributed by atoms with E-state index in [0.29, 0.717) is 29.3 Å². The normalized spacial score (nSPS) is 23.5. The maximum Gasteiger partial charge on any atom is 0.238 e. The number of anilines is 1. The fourth-order valence-electron chi connectivity index (χ4n) is 5.31. The summed E-state index contributed by atoms with van der Waals surface area (Å²) in [6, 6.07) is 4.96. The summed E-state index contributed by atoms with van der Waals surface area (Å²) in [5, 5.41) is 11.5. The van der Waals surface area contributed by atoms with Gasteiger partial charge in [0, 0.05) is 10.9 Å². The van der Waals surface area contributed by atoms with Crippen LogP contribution < -0.4 is 9.64 Å². The van der Waals surface area contributed by atoms with E-state index in [0.717, 1.165) is 38.5 Å². The number of aliphatic hydroxyl groups is 1. The Hall–Kier alpha value is -1.85. The lowest BCUT2D eigenvalue weighted by Gasteiger charge is -2.33. The quantitative estimate of drug-likeness (QED) is 0.218. The number of ether oxygens (including phenoxy) is 1. The highest BCUT2D eigenvalue weighted by Crippen LogP contribution is 2.47. The van der Waals surface area contributed by atoms with Crippen LogP contribution >= 0.6 is 11.6 Å². The highest BCUT2D eigenvalue weighted by atomic mass is 35.5. The Morgan fingerprint density at radius 2 is 1.82 bits per heavy atom. The van der Waals surface area contributed by atoms with Crippen LogP contribution in [-0.4, -0.2) is 30.1 Å². The van der Waals surface area contributed by atoms with Gasteiger partial charge in [-0.2, -0.15) is 0 Å². The van der Waals surface area contributed by atoms with E-state index < -0.39 is 17.9 Å². The van der Waals surface area contributed by atoms with Crippen LogP contribution in [0.1, 0.15) is 78.1 Å². The molecule has 0 radical (unpaired) electrons. The molecule has 1 aromatic rings. The molecule has 6 heteroatoms. The number of rotatable bonds is 12. The number of nitrogens with zero attached hydrogens (tertiary/aromatic N) is 1. The molecule has 4 atom stereocenters. The van der Waals surface area contributed by atoms with E-state index in [4.69, 9.17) is 16.3 Å². The van der Waals surface area contributed by atoms with Crippen LogP contribution in [0.3, 0.4) is 0 Å². The van der Waals surface area contributed by atoms with Gasteiger partial charge in [-0.05, 0) is 43.9 Å². The minimum absolute atomic E-state index is 0.213. The molecule has 5 nitrogen and oxygen atoms in total. The number of methoxy groups -OCH3 is 1. The molecule has 0 aromatic heterocycles. The van der Waals surface area contributed by atoms with Crippen molar-refractivity contribution in [2.24, 2.45) is 17.8 Å². The highest BCUT2D eigenvalue weighted by Gasteiger charge is 2.54. The number of halogens is 1. The van der Waals surface area contributed by atoms with Crippen LogP contribution in [-0.2, 0) is 9.59 Å². The lowest BCUT2D eigenvalue weighted by Crippen LogP contribution is -2.37. The van der Waals surface area contributed by atoms with Crippen LogP contribution in [0.25, 0.3) is 0 Å². The summed E-state index contributed by atoms with van der Waals surface area (Å²) < 4.78 is 5.43. The smallest absolute Gasteiger partial charge is 0.238 e. The van der Waals surface area contributed by atoms with Crippen molar-refractivity contribution in [2.75, 3.05) is 12.0 Å². The lowest BCUT2D eigenvalue weighted by molar-refractivity contribution is -0.123. The topological polar surface area (TPSA) is 66.8 Å². The van der Waals surface area contributed by atoms with Gasteiger partial charge in [-0.25, -0.2) is 4.90 Å². The van der Waals surface area contributed by atoms with Gasteiger partial charge < -0.3 is 9.84 Å². The van der Waals surface area contributed by atoms with Gasteiger partial charge in [-0.3, -0.25) is 9.59 Å². The Morgan fingerprint density at radius 3 is 2.52 bits per heavy atom. The molecule has 33 heavy (non-hydrogen) atoms. The van der Waals surface area contributed by atoms with E-state index in [9.17, 15) is 14.7 Å². The Balaban J connectivity index is 1.90. The summed E-state index contributed by atoms with van der Waals surface area (Å²) in [4.78, 5) is 28.5. The van der Waals surface area contributed by atoms with Crippen molar-refractivity contribution in [1.29, 1.82) is 0 Å². The number of benzene rings is 1. The number of imide groups is 1. The molecule has 2 amide bonds. The van der Waals surface area contributed by atoms with E-state index in [2.05, 4.69) is 19.9 Å². The maximum absolute atomic E-state index is 13.6. The maximum atomic E-state index is 13.6. The second kappa shape index (κ2) is 12.0. The third-order valence-corrected chi connectivity index (χ3v) is 7.32. The van der Waals surface area contributed by atoms with Crippen LogP contribution in [0.5, 0.6) is 5.75 Å². The van der Waals surface area contributed by atoms with Gasteiger partial charge in [0.05, 0.1) is 30.7 Å². The average Bonchev–Trinajstić information content (AvgIpc) is 3.06. The first-order chi connectivity index (χ1) is 15.9. The zero-order chi connectivity index (χ0) is 24.0. The summed E-state index contributed by atoms with van der Waals surface area (Å²) in [5.41, 5.74) is 1.59. The molecule has 1 aromatic carbocycles. The first-order valence-corrected chi connectivity index (χ1v) is 12.9. The number of fused-ring (bicyclic) bond motifs is 1. The molecule has 2 aliphatic rings. The van der Waals surface area contributed by atoms with Crippen molar-refractivity contribution in [2.45, 2.75) is 84.2 Å². The molecule has 1 heterocycles. The Kier molecular flexibility index (Phi) is 9.39. The summed E-state index contributed by atoms with van der Waals surface area (Å²) in [5.74, 6) is -1.36. The molecule has 1 saturated heterocycles. The minimum Gasteiger partial charge on any atom is -0.495 e. The number of hydrogen-bond acceptors (Lipinski definition) is 4. The van der Waals surface area contributed by atoms with Crippen molar-refractivity contribution in [3.63, 3.8) is 0 Å². The van der Waals surface area contributed by atoms with Gasteiger partial charge in [0.2, 0.25) is 11.8 Å². The zero-order valence-corrected chi connectivity index (χ0v) is 20.9. The molecule has 0 spiro atoms. The van der Waals surface area contributed by atoms with Gasteiger partial charge in [0.15, 0.2) is 0 Å². The summed E-state index contributed by atoms with van der Waals surface area (Å²) >= 11 is 6.20. The predicted molar refractivity (Wildman–Crippen MR) is 133 cm³/mol. The molecular formula is C27H38ClNO4. The molecule has 0 saturated carbocycles. The van der Waals surface area contributed by atoms with Gasteiger partial charge in [-0.15, -0.1) is 0 Å². The summed E-state index contributed by atoms with van der Waals surface area (Å²) in [6.07, 6.45) is 11.3. The number of aliphatic hydroxyl groups excluding tert-OH is 1. The summed E-state index contributed by atoms with van der Waals surface area (Å²) in [6.45, 7) is 4.32. The van der Waals surface area contributed by atoms with Gasteiger partial charge in [0.25, 0.3) is 0 Å². The van der Waals surface area contributed by atoms with E-state index >= 15 is 0 Å². The van der Waals surface area contributed by atoms with Crippen LogP contribution in [0.4, 0.5) is 5.69 Å². The van der Waals surface area contributed by atoms with E-state index in [1.165, 1.54) is 30.4 Å². The number of hydrogen-bond donors (Lipinski definition) is 1. The van der Waals surface area contributed by atoms with Crippen molar-refractivity contribution >= 4 is 29.1 Å². The van der Waals surface area contributed by atoms with Crippen molar-refractivity contribution in [1.82, 2.24) is 0 Å². The van der Waals surface area contributed by atoms with Gasteiger partial charge in [-0.1, -0.05) is 75.6 Å². The molecule has 1 N–H and O–H groups in total. The minimum atomic E-state index is -0.632. The number of carbonyl (C=O) groups is 2. The molecule has 0 bridgehead atoms. The third-order valence-electron chi connectivity index (χ3n) is 7.08. The standard InChI is InChI=1S/C27H38ClNO4/c1-4-6-8-10-11-18-15-20(23(30)12-9-7-5-2)25-21(16-18)26(31)29(27(25)32)22-17-19(28)13-14-24(22)33-3/h13-15,17,20-21,23,25,30H,4-12,16H2,1-3H3/t20-,21-,23-,25+/m1/s1. The first kappa shape index (κ1) is 25.8. The largest absolute Gasteiger partial charge is 0.495 e. The van der Waals surface area contributed by atoms with E-state index in [1.807, 2.05) is 0 Å². The molecule has 1 fully saturated rings. The van der Waals surface area contributed by atoms with Crippen LogP contribution in [0, 0.1) is 17.8 Å². The average molecular weight is 476 g/mol. The van der Waals surface area contributed by atoms with E-state index in [1.54, 1.807) is 18.2 Å². The molecule has 1 aliphatic heterocycles. The molecule has 182 valence electrons. The van der Waals surface area contributed by atoms with Gasteiger partial charge in [0.1, 0.15) is 5.75 Å². The number of carbonyl (C=O) groups excluding carboxylic acids is 2. The fraction of sp³-hybridized carbons (Fsp3) is 0.630. The molecular weight excluding hydrogens is 438 g/mol. The molecule has 0 unspecified atom stereocenters. The third kappa shape index (κ3) is 5.81. The van der Waals surface area contributed by atoms with Crippen molar-refractivity contribution in [3.8, 4) is 5.75 Å². The van der Waals surface area contributed by atoms with Crippen LogP contribution in [0.2, 0.25) is 5.02 Å². The Labute approximate surface area is 203 Å². The second-order valence-corrected chi connectivity index (χ2v) is 9.88. The van der Waals surface area contributed by atoms with Crippen LogP contribution in [0.15, 0.2) is 29.8 Å². The van der Waals surface area contributed by atoms with E-state index in [-0.39, 0.29) is 17.7 Å². The van der Waals surface area contributed by atoms with Gasteiger partial charge >= 0.3 is 0 Å². The predicted octanol–water partition coefficient (Wildman–Crippen LogP) is 6.31. The number of allylic oxidation sites excluding steroid dienone is 1. The second-order valence-electron chi connectivity index (χ2n) is 9.44. The highest BCUT2D eigenvalue weighted by molar-refractivity contribution is 6.31. The Bertz CT molecular complexity index is 868. The van der Waals surface area contributed by atoms with Crippen molar-refractivity contribution < 1.29 is 19.4 Å². The lowest BCUT2D eigenvalue weighted by atomic mass is 9.70. The number of unbranched alkanes of at least 4 members (excludes halogenated alkanes) is 5. The zero-order valence-electron chi connectivity index (χ0n) is 20.2. The number of amides is 2. The van der Waals surface area contributed by atoms with Crippen molar-refractivity contribution in [3.05, 3.63) is 34.9 Å². The molecule has 1 aliphatic carbocycles. The first-order valence-electron chi connectivity index (χ1n) is 12.5. The summed E-state index contributed by atoms with van der Waals surface area (Å²) in [7, 11) is 1.51. The Morgan fingerprint density at radius 1 is 1.09 bits per heavy atom. The fourth-order valence-corrected chi connectivity index (χ4v) is 5.47. The monoisotopic (exact) mass is 475 g/mol.